The molecule has 1 unspecified atom stereocenters. The van der Waals surface area contributed by atoms with Crippen LogP contribution in [0.3, 0.4) is 0 Å². The van der Waals surface area contributed by atoms with Crippen molar-refractivity contribution in [2.24, 2.45) is 0 Å². The Balaban J connectivity index is 2.12. The van der Waals surface area contributed by atoms with Crippen LogP contribution in [0.2, 0.25) is 0 Å². The highest BCUT2D eigenvalue weighted by Gasteiger charge is 2.19. The monoisotopic (exact) mass is 332 g/mol. The molecule has 0 saturated carbocycles. The van der Waals surface area contributed by atoms with Gasteiger partial charge in [0, 0.05) is 12.1 Å². The Morgan fingerprint density at radius 1 is 1.04 bits per heavy atom. The summed E-state index contributed by atoms with van der Waals surface area (Å²) in [7, 11) is 0. The predicted octanol–water partition coefficient (Wildman–Crippen LogP) is 3.78. The van der Waals surface area contributed by atoms with E-state index in [-0.39, 0.29) is 11.6 Å². The molecule has 0 aliphatic heterocycles. The van der Waals surface area contributed by atoms with Crippen LogP contribution in [0.4, 0.5) is 8.78 Å². The summed E-state index contributed by atoms with van der Waals surface area (Å²) in [5.74, 6) is -2.40. The van der Waals surface area contributed by atoms with Crippen LogP contribution in [0.5, 0.6) is 0 Å². The number of halogens is 2. The number of amides is 1. The standard InChI is InChI=1S/C19H22F2N2O/c1-3-23(4-2)18(14-8-6-5-7-9-14)13-22-19(24)15-10-11-16(20)17(21)12-15/h5-12,18H,3-4,13H2,1-2H3,(H,22,24). The molecule has 1 amide bonds. The summed E-state index contributed by atoms with van der Waals surface area (Å²) >= 11 is 0. The summed E-state index contributed by atoms with van der Waals surface area (Å²) in [6.45, 7) is 6.21. The van der Waals surface area contributed by atoms with Crippen molar-refractivity contribution in [3.8, 4) is 0 Å². The highest BCUT2D eigenvalue weighted by Crippen LogP contribution is 2.19. The zero-order valence-electron chi connectivity index (χ0n) is 13.9. The van der Waals surface area contributed by atoms with Crippen LogP contribution in [0.15, 0.2) is 48.5 Å². The second-order valence-electron chi connectivity index (χ2n) is 5.49. The minimum Gasteiger partial charge on any atom is -0.350 e. The van der Waals surface area contributed by atoms with Gasteiger partial charge in [0.25, 0.3) is 5.91 Å². The lowest BCUT2D eigenvalue weighted by molar-refractivity contribution is 0.0934. The van der Waals surface area contributed by atoms with Crippen molar-refractivity contribution in [2.45, 2.75) is 19.9 Å². The van der Waals surface area contributed by atoms with Gasteiger partial charge in [-0.2, -0.15) is 0 Å². The van der Waals surface area contributed by atoms with Crippen LogP contribution in [0, 0.1) is 11.6 Å². The number of hydrogen-bond donors (Lipinski definition) is 1. The molecule has 0 saturated heterocycles. The quantitative estimate of drug-likeness (QED) is 0.837. The normalized spacial score (nSPS) is 12.2. The topological polar surface area (TPSA) is 32.3 Å². The molecular formula is C19H22F2N2O. The first-order valence-corrected chi connectivity index (χ1v) is 8.09. The first kappa shape index (κ1) is 18.1. The van der Waals surface area contributed by atoms with Gasteiger partial charge >= 0.3 is 0 Å². The third-order valence-electron chi connectivity index (χ3n) is 4.08. The number of hydrogen-bond acceptors (Lipinski definition) is 2. The molecule has 1 atom stereocenters. The van der Waals surface area contributed by atoms with Crippen LogP contribution in [0.1, 0.15) is 35.8 Å². The van der Waals surface area contributed by atoms with E-state index in [4.69, 9.17) is 0 Å². The van der Waals surface area contributed by atoms with E-state index in [2.05, 4.69) is 24.1 Å². The van der Waals surface area contributed by atoms with Crippen LogP contribution in [0.25, 0.3) is 0 Å². The molecule has 0 spiro atoms. The summed E-state index contributed by atoms with van der Waals surface area (Å²) in [6.07, 6.45) is 0. The zero-order valence-corrected chi connectivity index (χ0v) is 13.9. The molecule has 3 nitrogen and oxygen atoms in total. The molecule has 0 aliphatic rings. The minimum atomic E-state index is -1.02. The summed E-state index contributed by atoms with van der Waals surface area (Å²) in [5.41, 5.74) is 1.21. The summed E-state index contributed by atoms with van der Waals surface area (Å²) in [4.78, 5) is 14.5. The van der Waals surface area contributed by atoms with E-state index < -0.39 is 17.5 Å². The Morgan fingerprint density at radius 3 is 2.29 bits per heavy atom. The lowest BCUT2D eigenvalue weighted by Crippen LogP contribution is -2.38. The number of benzene rings is 2. The third kappa shape index (κ3) is 4.38. The highest BCUT2D eigenvalue weighted by molar-refractivity contribution is 5.94. The Morgan fingerprint density at radius 2 is 1.71 bits per heavy atom. The van der Waals surface area contributed by atoms with Gasteiger partial charge in [-0.3, -0.25) is 9.69 Å². The fourth-order valence-electron chi connectivity index (χ4n) is 2.73. The molecule has 0 fully saturated rings. The molecule has 2 aromatic carbocycles. The lowest BCUT2D eigenvalue weighted by atomic mass is 10.0. The van der Waals surface area contributed by atoms with E-state index in [1.165, 1.54) is 6.07 Å². The lowest BCUT2D eigenvalue weighted by Gasteiger charge is -2.30. The second-order valence-corrected chi connectivity index (χ2v) is 5.49. The molecule has 2 rings (SSSR count). The number of nitrogens with one attached hydrogen (secondary N) is 1. The SMILES string of the molecule is CCN(CC)C(CNC(=O)c1ccc(F)c(F)c1)c1ccccc1. The molecule has 0 aromatic heterocycles. The van der Waals surface area contributed by atoms with Crippen LogP contribution >= 0.6 is 0 Å². The van der Waals surface area contributed by atoms with Crippen molar-refractivity contribution in [2.75, 3.05) is 19.6 Å². The van der Waals surface area contributed by atoms with E-state index in [1.54, 1.807) is 0 Å². The summed E-state index contributed by atoms with van der Waals surface area (Å²) < 4.78 is 26.3. The smallest absolute Gasteiger partial charge is 0.251 e. The maximum Gasteiger partial charge on any atom is 0.251 e. The fourth-order valence-corrected chi connectivity index (χ4v) is 2.73. The summed E-state index contributed by atoms with van der Waals surface area (Å²) in [6, 6.07) is 13.1. The molecule has 0 heterocycles. The number of carbonyl (C=O) groups excluding carboxylic acids is 1. The second kappa shape index (κ2) is 8.55. The van der Waals surface area contributed by atoms with Crippen molar-refractivity contribution >= 4 is 5.91 Å². The molecule has 2 aromatic rings. The van der Waals surface area contributed by atoms with Gasteiger partial charge in [0.1, 0.15) is 0 Å². The average molecular weight is 332 g/mol. The largest absolute Gasteiger partial charge is 0.350 e. The Labute approximate surface area is 141 Å². The van der Waals surface area contributed by atoms with Crippen molar-refractivity contribution in [3.63, 3.8) is 0 Å². The molecular weight excluding hydrogens is 310 g/mol. The molecule has 0 aliphatic carbocycles. The Bertz CT molecular complexity index is 672. The van der Waals surface area contributed by atoms with Gasteiger partial charge in [-0.05, 0) is 36.9 Å². The average Bonchev–Trinajstić information content (AvgIpc) is 2.61. The van der Waals surface area contributed by atoms with E-state index in [0.29, 0.717) is 6.54 Å². The van der Waals surface area contributed by atoms with Gasteiger partial charge in [0.15, 0.2) is 11.6 Å². The van der Waals surface area contributed by atoms with Gasteiger partial charge in [0.2, 0.25) is 0 Å². The zero-order chi connectivity index (χ0) is 17.5. The van der Waals surface area contributed by atoms with Crippen LogP contribution < -0.4 is 5.32 Å². The van der Waals surface area contributed by atoms with E-state index in [9.17, 15) is 13.6 Å². The first-order chi connectivity index (χ1) is 11.6. The molecule has 5 heteroatoms. The number of nitrogens with zero attached hydrogens (tertiary/aromatic N) is 1. The predicted molar refractivity (Wildman–Crippen MR) is 90.8 cm³/mol. The maximum absolute atomic E-state index is 13.3. The van der Waals surface area contributed by atoms with Crippen molar-refractivity contribution < 1.29 is 13.6 Å². The fraction of sp³-hybridized carbons (Fsp3) is 0.316. The van der Waals surface area contributed by atoms with Gasteiger partial charge in [-0.1, -0.05) is 44.2 Å². The molecule has 0 radical (unpaired) electrons. The Kier molecular flexibility index (Phi) is 6.44. The van der Waals surface area contributed by atoms with Gasteiger partial charge in [-0.25, -0.2) is 8.78 Å². The van der Waals surface area contributed by atoms with Crippen LogP contribution in [-0.4, -0.2) is 30.4 Å². The maximum atomic E-state index is 13.3. The third-order valence-corrected chi connectivity index (χ3v) is 4.08. The van der Waals surface area contributed by atoms with Gasteiger partial charge < -0.3 is 5.32 Å². The first-order valence-electron chi connectivity index (χ1n) is 8.09. The molecule has 0 bridgehead atoms. The van der Waals surface area contributed by atoms with E-state index >= 15 is 0 Å². The highest BCUT2D eigenvalue weighted by atomic mass is 19.2. The van der Waals surface area contributed by atoms with E-state index in [1.807, 2.05) is 30.3 Å². The van der Waals surface area contributed by atoms with Gasteiger partial charge in [-0.15, -0.1) is 0 Å². The Hall–Kier alpha value is -2.27. The summed E-state index contributed by atoms with van der Waals surface area (Å²) in [5, 5.41) is 2.82. The van der Waals surface area contributed by atoms with E-state index in [0.717, 1.165) is 30.8 Å². The van der Waals surface area contributed by atoms with Gasteiger partial charge in [0.05, 0.1) is 6.04 Å². The number of likely N-dealkylation sites (N-methyl/N-ethyl adjacent to an activating group) is 1. The molecule has 24 heavy (non-hydrogen) atoms. The molecule has 128 valence electrons. The van der Waals surface area contributed by atoms with Crippen LogP contribution in [-0.2, 0) is 0 Å². The molecule has 1 N–H and O–H groups in total. The minimum absolute atomic E-state index is 0.0236. The number of carbonyl (C=O) groups is 1. The van der Waals surface area contributed by atoms with Crippen molar-refractivity contribution in [1.82, 2.24) is 10.2 Å². The number of rotatable bonds is 7. The van der Waals surface area contributed by atoms with Crippen molar-refractivity contribution in [3.05, 3.63) is 71.3 Å². The van der Waals surface area contributed by atoms with Crippen molar-refractivity contribution in [1.29, 1.82) is 0 Å².